The van der Waals surface area contributed by atoms with Gasteiger partial charge >= 0.3 is 6.03 Å². The molecule has 0 aliphatic carbocycles. The highest BCUT2D eigenvalue weighted by Gasteiger charge is 2.31. The molecule has 2 aromatic carbocycles. The lowest BCUT2D eigenvalue weighted by molar-refractivity contribution is -0.117. The van der Waals surface area contributed by atoms with Crippen LogP contribution in [0.3, 0.4) is 0 Å². The van der Waals surface area contributed by atoms with Gasteiger partial charge in [-0.2, -0.15) is 0 Å². The number of anilines is 2. The van der Waals surface area contributed by atoms with Crippen LogP contribution in [0.4, 0.5) is 20.6 Å². The van der Waals surface area contributed by atoms with Crippen LogP contribution in [0.5, 0.6) is 0 Å². The van der Waals surface area contributed by atoms with Crippen LogP contribution in [0, 0.1) is 5.82 Å². The maximum absolute atomic E-state index is 13.0. The quantitative estimate of drug-likeness (QED) is 0.728. The number of nitrogens with one attached hydrogen (secondary N) is 2. The van der Waals surface area contributed by atoms with Crippen molar-refractivity contribution in [2.45, 2.75) is 17.4 Å². The molecule has 0 saturated carbocycles. The number of benzene rings is 2. The molecule has 1 heterocycles. The van der Waals surface area contributed by atoms with Gasteiger partial charge in [0.05, 0.1) is 10.9 Å². The fraction of sp³-hybridized carbons (Fsp3) is 0.176. The van der Waals surface area contributed by atoms with Crippen molar-refractivity contribution in [3.05, 3.63) is 54.3 Å². The SMILES string of the molecule is NS(=O)(=O)c1ccc(NC(=O)N[C@H]2CC(=O)N(c3ccc(F)cc3)C2)cc1. The van der Waals surface area contributed by atoms with Gasteiger partial charge in [0.2, 0.25) is 15.9 Å². The van der Waals surface area contributed by atoms with Crippen LogP contribution in [0.25, 0.3) is 0 Å². The number of hydrogen-bond donors (Lipinski definition) is 3. The molecule has 1 aliphatic heterocycles. The van der Waals surface area contributed by atoms with Gasteiger partial charge in [-0.1, -0.05) is 0 Å². The van der Waals surface area contributed by atoms with Gasteiger partial charge in [-0.15, -0.1) is 0 Å². The number of sulfonamides is 1. The number of carbonyl (C=O) groups excluding carboxylic acids is 2. The fourth-order valence-corrected chi connectivity index (χ4v) is 3.27. The monoisotopic (exact) mass is 392 g/mol. The first kappa shape index (κ1) is 18.8. The molecule has 0 radical (unpaired) electrons. The molecule has 4 N–H and O–H groups in total. The molecule has 1 atom stereocenters. The van der Waals surface area contributed by atoms with Gasteiger partial charge < -0.3 is 15.5 Å². The maximum Gasteiger partial charge on any atom is 0.319 e. The first-order chi connectivity index (χ1) is 12.7. The number of nitrogens with zero attached hydrogens (tertiary/aromatic N) is 1. The molecular weight excluding hydrogens is 375 g/mol. The Kier molecular flexibility index (Phi) is 5.10. The van der Waals surface area contributed by atoms with Gasteiger partial charge in [-0.05, 0) is 48.5 Å². The predicted molar refractivity (Wildman–Crippen MR) is 97.1 cm³/mol. The minimum Gasteiger partial charge on any atom is -0.333 e. The van der Waals surface area contributed by atoms with Crippen LogP contribution in [-0.4, -0.2) is 32.9 Å². The summed E-state index contributed by atoms with van der Waals surface area (Å²) in [5.74, 6) is -0.572. The Morgan fingerprint density at radius 2 is 1.74 bits per heavy atom. The molecule has 1 fully saturated rings. The Bertz CT molecular complexity index is 961. The van der Waals surface area contributed by atoms with E-state index in [0.717, 1.165) is 0 Å². The van der Waals surface area contributed by atoms with E-state index in [0.29, 0.717) is 11.4 Å². The second kappa shape index (κ2) is 7.33. The summed E-state index contributed by atoms with van der Waals surface area (Å²) in [6.45, 7) is 0.266. The largest absolute Gasteiger partial charge is 0.333 e. The summed E-state index contributed by atoms with van der Waals surface area (Å²) >= 11 is 0. The maximum atomic E-state index is 13.0. The Balaban J connectivity index is 1.58. The van der Waals surface area contributed by atoms with E-state index in [2.05, 4.69) is 10.6 Å². The molecule has 2 aromatic rings. The van der Waals surface area contributed by atoms with Crippen LogP contribution >= 0.6 is 0 Å². The molecule has 10 heteroatoms. The standard InChI is InChI=1S/C17H17FN4O4S/c18-11-1-5-14(6-2-11)22-10-13(9-16(22)23)21-17(24)20-12-3-7-15(8-4-12)27(19,25)26/h1-8,13H,9-10H2,(H2,19,25,26)(H2,20,21,24)/t13-/m0/s1. The van der Waals surface area contributed by atoms with Crippen molar-refractivity contribution in [3.8, 4) is 0 Å². The lowest BCUT2D eigenvalue weighted by Gasteiger charge is -2.17. The summed E-state index contributed by atoms with van der Waals surface area (Å²) in [6.07, 6.45) is 0.120. The molecule has 0 bridgehead atoms. The number of nitrogens with two attached hydrogens (primary N) is 1. The van der Waals surface area contributed by atoms with E-state index in [1.807, 2.05) is 0 Å². The molecule has 3 rings (SSSR count). The minimum atomic E-state index is -3.80. The highest BCUT2D eigenvalue weighted by molar-refractivity contribution is 7.89. The third kappa shape index (κ3) is 4.60. The molecule has 0 aromatic heterocycles. The van der Waals surface area contributed by atoms with Crippen LogP contribution in [0.15, 0.2) is 53.4 Å². The molecule has 27 heavy (non-hydrogen) atoms. The average Bonchev–Trinajstić information content (AvgIpc) is 2.95. The molecule has 142 valence electrons. The number of primary sulfonamides is 1. The van der Waals surface area contributed by atoms with Crippen molar-refractivity contribution in [2.75, 3.05) is 16.8 Å². The first-order valence-corrected chi connectivity index (χ1v) is 9.53. The zero-order chi connectivity index (χ0) is 19.6. The number of carbonyl (C=O) groups is 2. The highest BCUT2D eigenvalue weighted by atomic mass is 32.2. The smallest absolute Gasteiger partial charge is 0.319 e. The number of rotatable bonds is 4. The molecule has 8 nitrogen and oxygen atoms in total. The third-order valence-electron chi connectivity index (χ3n) is 4.04. The third-order valence-corrected chi connectivity index (χ3v) is 4.97. The van der Waals surface area contributed by atoms with Crippen molar-refractivity contribution in [1.29, 1.82) is 0 Å². The summed E-state index contributed by atoms with van der Waals surface area (Å²) in [5, 5.41) is 10.3. The van der Waals surface area contributed by atoms with Crippen LogP contribution in [0.2, 0.25) is 0 Å². The van der Waals surface area contributed by atoms with Crippen LogP contribution in [0.1, 0.15) is 6.42 Å². The van der Waals surface area contributed by atoms with E-state index >= 15 is 0 Å². The molecule has 1 saturated heterocycles. The van der Waals surface area contributed by atoms with Gasteiger partial charge in [-0.3, -0.25) is 4.79 Å². The van der Waals surface area contributed by atoms with Gasteiger partial charge in [0.25, 0.3) is 0 Å². The lowest BCUT2D eigenvalue weighted by atomic mass is 10.2. The van der Waals surface area contributed by atoms with E-state index < -0.39 is 27.9 Å². The zero-order valence-electron chi connectivity index (χ0n) is 14.1. The minimum absolute atomic E-state index is 0.0650. The molecule has 3 amide bonds. The molecule has 0 spiro atoms. The van der Waals surface area contributed by atoms with E-state index in [4.69, 9.17) is 5.14 Å². The first-order valence-electron chi connectivity index (χ1n) is 7.99. The Labute approximate surface area is 155 Å². The van der Waals surface area contributed by atoms with Crippen molar-refractivity contribution in [1.82, 2.24) is 5.32 Å². The predicted octanol–water partition coefficient (Wildman–Crippen LogP) is 1.40. The number of urea groups is 1. The van der Waals surface area contributed by atoms with Crippen LogP contribution < -0.4 is 20.7 Å². The summed E-state index contributed by atoms with van der Waals surface area (Å²) < 4.78 is 35.4. The summed E-state index contributed by atoms with van der Waals surface area (Å²) in [5.41, 5.74) is 0.935. The van der Waals surface area contributed by atoms with Crippen molar-refractivity contribution >= 4 is 33.3 Å². The van der Waals surface area contributed by atoms with Crippen molar-refractivity contribution < 1.29 is 22.4 Å². The average molecular weight is 392 g/mol. The Hall–Kier alpha value is -2.98. The summed E-state index contributed by atoms with van der Waals surface area (Å²) in [6, 6.07) is 9.96. The topological polar surface area (TPSA) is 122 Å². The Morgan fingerprint density at radius 3 is 2.33 bits per heavy atom. The van der Waals surface area contributed by atoms with Crippen molar-refractivity contribution in [3.63, 3.8) is 0 Å². The highest BCUT2D eigenvalue weighted by Crippen LogP contribution is 2.22. The number of halogens is 1. The van der Waals surface area contributed by atoms with Gasteiger partial charge in [0.1, 0.15) is 5.82 Å². The van der Waals surface area contributed by atoms with E-state index in [1.54, 1.807) is 0 Å². The van der Waals surface area contributed by atoms with E-state index in [1.165, 1.54) is 53.4 Å². The number of hydrogen-bond acceptors (Lipinski definition) is 4. The fourth-order valence-electron chi connectivity index (χ4n) is 2.76. The molecular formula is C17H17FN4O4S. The zero-order valence-corrected chi connectivity index (χ0v) is 14.9. The summed E-state index contributed by atoms with van der Waals surface area (Å²) in [7, 11) is -3.80. The van der Waals surface area contributed by atoms with Crippen LogP contribution in [-0.2, 0) is 14.8 Å². The molecule has 1 aliphatic rings. The summed E-state index contributed by atoms with van der Waals surface area (Å²) in [4.78, 5) is 25.6. The number of amides is 3. The second-order valence-corrected chi connectivity index (χ2v) is 7.61. The van der Waals surface area contributed by atoms with Gasteiger partial charge in [0.15, 0.2) is 0 Å². The molecule has 0 unspecified atom stereocenters. The van der Waals surface area contributed by atoms with Gasteiger partial charge in [-0.25, -0.2) is 22.7 Å². The Morgan fingerprint density at radius 1 is 1.11 bits per heavy atom. The second-order valence-electron chi connectivity index (χ2n) is 6.05. The van der Waals surface area contributed by atoms with E-state index in [9.17, 15) is 22.4 Å². The van der Waals surface area contributed by atoms with Crippen molar-refractivity contribution in [2.24, 2.45) is 5.14 Å². The van der Waals surface area contributed by atoms with Gasteiger partial charge in [0, 0.05) is 24.3 Å². The normalized spacial score (nSPS) is 17.0. The lowest BCUT2D eigenvalue weighted by Crippen LogP contribution is -2.39. The van der Waals surface area contributed by atoms with E-state index in [-0.39, 0.29) is 23.8 Å².